The first-order chi connectivity index (χ1) is 11.7. The van der Waals surface area contributed by atoms with Gasteiger partial charge >= 0.3 is 0 Å². The van der Waals surface area contributed by atoms with E-state index in [2.05, 4.69) is 11.4 Å². The van der Waals surface area contributed by atoms with Crippen molar-refractivity contribution in [3.8, 4) is 17.2 Å². The maximum absolute atomic E-state index is 6.27. The fourth-order valence-corrected chi connectivity index (χ4v) is 2.86. The van der Waals surface area contributed by atoms with Crippen LogP contribution in [0.3, 0.4) is 0 Å². The summed E-state index contributed by atoms with van der Waals surface area (Å²) in [6, 6.07) is 11.9. The third kappa shape index (κ3) is 4.79. The highest BCUT2D eigenvalue weighted by atomic mass is 35.5. The second-order valence-corrected chi connectivity index (χ2v) is 5.69. The molecule has 0 aromatic heterocycles. The molecule has 0 atom stereocenters. The molecule has 0 fully saturated rings. The molecule has 0 spiro atoms. The Morgan fingerprint density at radius 3 is 2.54 bits per heavy atom. The number of methoxy groups -OCH3 is 2. The zero-order valence-electron chi connectivity index (χ0n) is 14.4. The standard InChI is InChI=1S/C19H24ClNO3/c1-4-24-18-12-14(11-16(20)19(18)23-3)13-21-10-9-15-7-5-6-8-17(15)22-2/h5-8,11-12,21H,4,9-10,13H2,1-3H3. The van der Waals surface area contributed by atoms with Crippen LogP contribution >= 0.6 is 11.6 Å². The van der Waals surface area contributed by atoms with E-state index in [0.717, 1.165) is 24.3 Å². The first-order valence-corrected chi connectivity index (χ1v) is 8.39. The SMILES string of the molecule is CCOc1cc(CNCCc2ccccc2OC)cc(Cl)c1OC. The van der Waals surface area contributed by atoms with E-state index in [1.54, 1.807) is 14.2 Å². The van der Waals surface area contributed by atoms with E-state index in [0.29, 0.717) is 29.7 Å². The predicted octanol–water partition coefficient (Wildman–Crippen LogP) is 4.09. The average Bonchev–Trinajstić information content (AvgIpc) is 2.59. The highest BCUT2D eigenvalue weighted by molar-refractivity contribution is 6.32. The summed E-state index contributed by atoms with van der Waals surface area (Å²) in [5.41, 5.74) is 2.25. The van der Waals surface area contributed by atoms with Crippen LogP contribution in [0.2, 0.25) is 5.02 Å². The number of ether oxygens (including phenoxy) is 3. The van der Waals surface area contributed by atoms with Crippen LogP contribution in [0.1, 0.15) is 18.1 Å². The van der Waals surface area contributed by atoms with E-state index in [1.807, 2.05) is 37.3 Å². The van der Waals surface area contributed by atoms with Crippen molar-refractivity contribution in [3.05, 3.63) is 52.5 Å². The number of nitrogens with one attached hydrogen (secondary N) is 1. The van der Waals surface area contributed by atoms with Gasteiger partial charge in [-0.05, 0) is 49.2 Å². The highest BCUT2D eigenvalue weighted by Gasteiger charge is 2.11. The number of hydrogen-bond donors (Lipinski definition) is 1. The van der Waals surface area contributed by atoms with Crippen LogP contribution in [0.15, 0.2) is 36.4 Å². The lowest BCUT2D eigenvalue weighted by Gasteiger charge is -2.14. The van der Waals surface area contributed by atoms with Gasteiger partial charge in [0, 0.05) is 6.54 Å². The molecule has 130 valence electrons. The molecule has 0 bridgehead atoms. The van der Waals surface area contributed by atoms with Gasteiger partial charge in [-0.25, -0.2) is 0 Å². The smallest absolute Gasteiger partial charge is 0.179 e. The van der Waals surface area contributed by atoms with Crippen LogP contribution in [-0.2, 0) is 13.0 Å². The Hall–Kier alpha value is -1.91. The van der Waals surface area contributed by atoms with Crippen LogP contribution in [0, 0.1) is 0 Å². The Kier molecular flexibility index (Phi) is 7.22. The molecule has 0 aliphatic rings. The van der Waals surface area contributed by atoms with Crippen molar-refractivity contribution in [2.45, 2.75) is 19.9 Å². The topological polar surface area (TPSA) is 39.7 Å². The summed E-state index contributed by atoms with van der Waals surface area (Å²) in [6.45, 7) is 4.05. The van der Waals surface area contributed by atoms with E-state index < -0.39 is 0 Å². The molecule has 0 aliphatic carbocycles. The van der Waals surface area contributed by atoms with Gasteiger partial charge in [0.2, 0.25) is 0 Å². The van der Waals surface area contributed by atoms with Crippen molar-refractivity contribution >= 4 is 11.6 Å². The Morgan fingerprint density at radius 2 is 1.83 bits per heavy atom. The molecule has 0 amide bonds. The van der Waals surface area contributed by atoms with Gasteiger partial charge in [0.25, 0.3) is 0 Å². The molecule has 0 radical (unpaired) electrons. The second-order valence-electron chi connectivity index (χ2n) is 5.28. The number of hydrogen-bond acceptors (Lipinski definition) is 4. The summed E-state index contributed by atoms with van der Waals surface area (Å²) in [6.07, 6.45) is 0.895. The van der Waals surface area contributed by atoms with Crippen molar-refractivity contribution in [3.63, 3.8) is 0 Å². The van der Waals surface area contributed by atoms with Gasteiger partial charge < -0.3 is 19.5 Å². The van der Waals surface area contributed by atoms with Crippen molar-refractivity contribution < 1.29 is 14.2 Å². The molecule has 0 saturated heterocycles. The van der Waals surface area contributed by atoms with Crippen LogP contribution < -0.4 is 19.5 Å². The molecule has 0 heterocycles. The molecule has 2 aromatic carbocycles. The minimum absolute atomic E-state index is 0.560. The first-order valence-electron chi connectivity index (χ1n) is 8.01. The van der Waals surface area contributed by atoms with Crippen molar-refractivity contribution in [1.29, 1.82) is 0 Å². The lowest BCUT2D eigenvalue weighted by Crippen LogP contribution is -2.17. The Morgan fingerprint density at radius 1 is 1.04 bits per heavy atom. The molecule has 0 aliphatic heterocycles. The molecule has 4 nitrogen and oxygen atoms in total. The zero-order valence-corrected chi connectivity index (χ0v) is 15.2. The van der Waals surface area contributed by atoms with Crippen molar-refractivity contribution in [2.75, 3.05) is 27.4 Å². The maximum Gasteiger partial charge on any atom is 0.179 e. The van der Waals surface area contributed by atoms with Crippen LogP contribution in [-0.4, -0.2) is 27.4 Å². The van der Waals surface area contributed by atoms with Gasteiger partial charge in [-0.1, -0.05) is 29.8 Å². The van der Waals surface area contributed by atoms with Gasteiger partial charge in [-0.2, -0.15) is 0 Å². The Labute approximate surface area is 148 Å². The largest absolute Gasteiger partial charge is 0.496 e. The summed E-state index contributed by atoms with van der Waals surface area (Å²) in [5, 5.41) is 3.99. The van der Waals surface area contributed by atoms with Crippen LogP contribution in [0.5, 0.6) is 17.2 Å². The third-order valence-electron chi connectivity index (χ3n) is 3.67. The average molecular weight is 350 g/mol. The molecular formula is C19H24ClNO3. The highest BCUT2D eigenvalue weighted by Crippen LogP contribution is 2.36. The molecular weight excluding hydrogens is 326 g/mol. The minimum atomic E-state index is 0.560. The lowest BCUT2D eigenvalue weighted by molar-refractivity contribution is 0.310. The van der Waals surface area contributed by atoms with Crippen molar-refractivity contribution in [1.82, 2.24) is 5.32 Å². The Balaban J connectivity index is 1.94. The molecule has 24 heavy (non-hydrogen) atoms. The molecule has 1 N–H and O–H groups in total. The zero-order chi connectivity index (χ0) is 17.4. The summed E-state index contributed by atoms with van der Waals surface area (Å²) in [4.78, 5) is 0. The van der Waals surface area contributed by atoms with Gasteiger partial charge in [0.1, 0.15) is 5.75 Å². The van der Waals surface area contributed by atoms with Crippen molar-refractivity contribution in [2.24, 2.45) is 0 Å². The van der Waals surface area contributed by atoms with Crippen LogP contribution in [0.25, 0.3) is 0 Å². The first kappa shape index (κ1) is 18.4. The van der Waals surface area contributed by atoms with Crippen LogP contribution in [0.4, 0.5) is 0 Å². The van der Waals surface area contributed by atoms with Gasteiger partial charge in [0.05, 0.1) is 25.8 Å². The maximum atomic E-state index is 6.27. The van der Waals surface area contributed by atoms with E-state index in [1.165, 1.54) is 5.56 Å². The summed E-state index contributed by atoms with van der Waals surface area (Å²) in [7, 11) is 3.29. The second kappa shape index (κ2) is 9.40. The number of para-hydroxylation sites is 1. The summed E-state index contributed by atoms with van der Waals surface area (Å²) < 4.78 is 16.3. The summed E-state index contributed by atoms with van der Waals surface area (Å²) >= 11 is 6.27. The monoisotopic (exact) mass is 349 g/mol. The quantitative estimate of drug-likeness (QED) is 0.692. The number of benzene rings is 2. The normalized spacial score (nSPS) is 10.5. The van der Waals surface area contributed by atoms with Gasteiger partial charge in [0.15, 0.2) is 11.5 Å². The van der Waals surface area contributed by atoms with Gasteiger partial charge in [-0.15, -0.1) is 0 Å². The molecule has 2 aromatic rings. The molecule has 2 rings (SSSR count). The lowest BCUT2D eigenvalue weighted by atomic mass is 10.1. The third-order valence-corrected chi connectivity index (χ3v) is 3.95. The van der Waals surface area contributed by atoms with E-state index in [4.69, 9.17) is 25.8 Å². The fourth-order valence-electron chi connectivity index (χ4n) is 2.55. The molecule has 0 saturated carbocycles. The van der Waals surface area contributed by atoms with E-state index >= 15 is 0 Å². The summed E-state index contributed by atoms with van der Waals surface area (Å²) in [5.74, 6) is 2.18. The molecule has 0 unspecified atom stereocenters. The van der Waals surface area contributed by atoms with E-state index in [9.17, 15) is 0 Å². The number of halogens is 1. The Bertz CT molecular complexity index is 661. The minimum Gasteiger partial charge on any atom is -0.496 e. The molecule has 5 heteroatoms. The fraction of sp³-hybridized carbons (Fsp3) is 0.368. The van der Waals surface area contributed by atoms with E-state index in [-0.39, 0.29) is 0 Å². The predicted molar refractivity (Wildman–Crippen MR) is 97.6 cm³/mol. The van der Waals surface area contributed by atoms with Gasteiger partial charge in [-0.3, -0.25) is 0 Å². The number of rotatable bonds is 9.